The van der Waals surface area contributed by atoms with E-state index < -0.39 is 0 Å². The van der Waals surface area contributed by atoms with Crippen molar-refractivity contribution in [1.29, 1.82) is 0 Å². The van der Waals surface area contributed by atoms with Gasteiger partial charge in [-0.05, 0) is 36.4 Å². The van der Waals surface area contributed by atoms with Gasteiger partial charge in [-0.3, -0.25) is 0 Å². The van der Waals surface area contributed by atoms with Crippen LogP contribution in [0.25, 0.3) is 11.3 Å². The van der Waals surface area contributed by atoms with Crippen LogP contribution in [0.15, 0.2) is 54.9 Å². The summed E-state index contributed by atoms with van der Waals surface area (Å²) in [4.78, 5) is 13.2. The Morgan fingerprint density at radius 2 is 1.96 bits per heavy atom. The Bertz CT molecular complexity index is 823. The Kier molecular flexibility index (Phi) is 5.20. The molecule has 0 aliphatic rings. The van der Waals surface area contributed by atoms with Crippen molar-refractivity contribution in [2.45, 2.75) is 0 Å². The number of aromatic nitrogens is 3. The molecule has 0 saturated heterocycles. The first kappa shape index (κ1) is 16.2. The van der Waals surface area contributed by atoms with Gasteiger partial charge in [-0.25, -0.2) is 15.0 Å². The number of hydrogen-bond donors (Lipinski definition) is 3. The average molecular weight is 341 g/mol. The van der Waals surface area contributed by atoms with Crippen LogP contribution in [0.1, 0.15) is 0 Å². The van der Waals surface area contributed by atoms with Crippen LogP contribution in [0, 0.1) is 0 Å². The number of benzene rings is 1. The lowest BCUT2D eigenvalue weighted by atomic mass is 10.2. The fraction of sp³-hybridized carbons (Fsp3) is 0.118. The van der Waals surface area contributed by atoms with Crippen LogP contribution in [0.3, 0.4) is 0 Å². The molecule has 0 radical (unpaired) electrons. The van der Waals surface area contributed by atoms with Crippen molar-refractivity contribution in [3.8, 4) is 11.3 Å². The Morgan fingerprint density at radius 1 is 1.04 bits per heavy atom. The van der Waals surface area contributed by atoms with Crippen LogP contribution in [0.4, 0.5) is 17.5 Å². The second kappa shape index (κ2) is 7.72. The van der Waals surface area contributed by atoms with E-state index in [2.05, 4.69) is 25.6 Å². The van der Waals surface area contributed by atoms with E-state index in [1.54, 1.807) is 12.4 Å². The molecule has 0 unspecified atom stereocenters. The molecule has 0 amide bonds. The van der Waals surface area contributed by atoms with E-state index in [0.717, 1.165) is 22.8 Å². The van der Waals surface area contributed by atoms with E-state index in [9.17, 15) is 0 Å². The van der Waals surface area contributed by atoms with Gasteiger partial charge in [0.15, 0.2) is 0 Å². The quantitative estimate of drug-likeness (QED) is 0.638. The zero-order valence-corrected chi connectivity index (χ0v) is 13.7. The Labute approximate surface area is 145 Å². The normalized spacial score (nSPS) is 10.4. The van der Waals surface area contributed by atoms with Crippen molar-refractivity contribution in [1.82, 2.24) is 15.0 Å². The highest BCUT2D eigenvalue weighted by Crippen LogP contribution is 2.25. The largest absolute Gasteiger partial charge is 0.368 e. The van der Waals surface area contributed by atoms with Crippen LogP contribution in [0.5, 0.6) is 0 Å². The molecule has 3 rings (SSSR count). The van der Waals surface area contributed by atoms with Gasteiger partial charge in [-0.1, -0.05) is 17.7 Å². The van der Waals surface area contributed by atoms with Gasteiger partial charge in [0.2, 0.25) is 5.95 Å². The van der Waals surface area contributed by atoms with Gasteiger partial charge in [0.25, 0.3) is 0 Å². The molecule has 0 fully saturated rings. The second-order valence-electron chi connectivity index (χ2n) is 5.02. The molecule has 0 bridgehead atoms. The molecular formula is C17H17ClN6. The van der Waals surface area contributed by atoms with Gasteiger partial charge < -0.3 is 16.4 Å². The summed E-state index contributed by atoms with van der Waals surface area (Å²) in [6, 6.07) is 13.1. The van der Waals surface area contributed by atoms with Crippen molar-refractivity contribution in [3.63, 3.8) is 0 Å². The minimum absolute atomic E-state index is 0.489. The monoisotopic (exact) mass is 340 g/mol. The SMILES string of the molecule is NCCNc1ncccc1-c1ccnc(Nc2cccc(Cl)c2)n1. The van der Waals surface area contributed by atoms with E-state index >= 15 is 0 Å². The maximum absolute atomic E-state index is 6.00. The van der Waals surface area contributed by atoms with E-state index in [-0.39, 0.29) is 0 Å². The van der Waals surface area contributed by atoms with Crippen LogP contribution in [-0.4, -0.2) is 28.0 Å². The van der Waals surface area contributed by atoms with Crippen molar-refractivity contribution in [2.75, 3.05) is 23.7 Å². The average Bonchev–Trinajstić information content (AvgIpc) is 2.60. The van der Waals surface area contributed by atoms with Crippen LogP contribution in [-0.2, 0) is 0 Å². The zero-order valence-electron chi connectivity index (χ0n) is 12.9. The van der Waals surface area contributed by atoms with E-state index in [1.807, 2.05) is 42.5 Å². The van der Waals surface area contributed by atoms with E-state index in [1.165, 1.54) is 0 Å². The highest BCUT2D eigenvalue weighted by Gasteiger charge is 2.08. The number of anilines is 3. The molecule has 0 aliphatic carbocycles. The van der Waals surface area contributed by atoms with Crippen molar-refractivity contribution in [2.24, 2.45) is 5.73 Å². The third kappa shape index (κ3) is 3.98. The Balaban J connectivity index is 1.88. The molecule has 122 valence electrons. The fourth-order valence-corrected chi connectivity index (χ4v) is 2.40. The number of halogens is 1. The molecule has 24 heavy (non-hydrogen) atoms. The summed E-state index contributed by atoms with van der Waals surface area (Å²) in [6.45, 7) is 1.17. The predicted octanol–water partition coefficient (Wildman–Crippen LogP) is 3.31. The molecule has 2 aromatic heterocycles. The molecule has 2 heterocycles. The number of nitrogens with two attached hydrogens (primary N) is 1. The van der Waals surface area contributed by atoms with Crippen molar-refractivity contribution < 1.29 is 0 Å². The van der Waals surface area contributed by atoms with Crippen LogP contribution >= 0.6 is 11.6 Å². The molecule has 4 N–H and O–H groups in total. The first-order valence-corrected chi connectivity index (χ1v) is 7.89. The van der Waals surface area contributed by atoms with Gasteiger partial charge in [-0.2, -0.15) is 0 Å². The summed E-state index contributed by atoms with van der Waals surface area (Å²) in [5.74, 6) is 1.23. The van der Waals surface area contributed by atoms with Crippen LogP contribution in [0.2, 0.25) is 5.02 Å². The number of hydrogen-bond acceptors (Lipinski definition) is 6. The maximum Gasteiger partial charge on any atom is 0.227 e. The van der Waals surface area contributed by atoms with Gasteiger partial charge in [0.05, 0.1) is 5.69 Å². The molecule has 0 saturated carbocycles. The lowest BCUT2D eigenvalue weighted by Crippen LogP contribution is -2.14. The summed E-state index contributed by atoms with van der Waals surface area (Å²) >= 11 is 6.00. The second-order valence-corrected chi connectivity index (χ2v) is 5.45. The predicted molar refractivity (Wildman–Crippen MR) is 97.5 cm³/mol. The number of pyridine rings is 1. The fourth-order valence-electron chi connectivity index (χ4n) is 2.21. The minimum atomic E-state index is 0.489. The third-order valence-corrected chi connectivity index (χ3v) is 3.49. The first-order chi connectivity index (χ1) is 11.8. The van der Waals surface area contributed by atoms with Gasteiger partial charge >= 0.3 is 0 Å². The van der Waals surface area contributed by atoms with Crippen LogP contribution < -0.4 is 16.4 Å². The zero-order chi connectivity index (χ0) is 16.8. The number of nitrogens with zero attached hydrogens (tertiary/aromatic N) is 3. The number of nitrogens with one attached hydrogen (secondary N) is 2. The Hall–Kier alpha value is -2.70. The molecule has 7 heteroatoms. The Morgan fingerprint density at radius 3 is 2.79 bits per heavy atom. The van der Waals surface area contributed by atoms with Gasteiger partial charge in [-0.15, -0.1) is 0 Å². The summed E-state index contributed by atoms with van der Waals surface area (Å²) in [7, 11) is 0. The van der Waals surface area contributed by atoms with Gasteiger partial charge in [0.1, 0.15) is 5.82 Å². The topological polar surface area (TPSA) is 88.8 Å². The smallest absolute Gasteiger partial charge is 0.227 e. The molecule has 0 spiro atoms. The first-order valence-electron chi connectivity index (χ1n) is 7.51. The highest BCUT2D eigenvalue weighted by molar-refractivity contribution is 6.30. The molecular weight excluding hydrogens is 324 g/mol. The summed E-state index contributed by atoms with van der Waals surface area (Å²) in [5.41, 5.74) is 8.03. The summed E-state index contributed by atoms with van der Waals surface area (Å²) < 4.78 is 0. The summed E-state index contributed by atoms with van der Waals surface area (Å²) in [6.07, 6.45) is 3.43. The minimum Gasteiger partial charge on any atom is -0.368 e. The van der Waals surface area contributed by atoms with Gasteiger partial charge in [0, 0.05) is 41.8 Å². The van der Waals surface area contributed by atoms with E-state index in [0.29, 0.717) is 24.1 Å². The van der Waals surface area contributed by atoms with E-state index in [4.69, 9.17) is 17.3 Å². The van der Waals surface area contributed by atoms with Crippen molar-refractivity contribution >= 4 is 29.1 Å². The maximum atomic E-state index is 6.00. The molecule has 0 atom stereocenters. The third-order valence-electron chi connectivity index (χ3n) is 3.26. The lowest BCUT2D eigenvalue weighted by molar-refractivity contribution is 1.01. The molecule has 3 aromatic rings. The molecule has 0 aliphatic heterocycles. The molecule has 1 aromatic carbocycles. The number of rotatable bonds is 6. The molecule has 6 nitrogen and oxygen atoms in total. The van der Waals surface area contributed by atoms with Crippen molar-refractivity contribution in [3.05, 3.63) is 59.9 Å². The summed E-state index contributed by atoms with van der Waals surface area (Å²) in [5, 5.41) is 7.00. The standard InChI is InChI=1S/C17H17ClN6/c18-12-3-1-4-13(11-12)23-17-22-9-6-15(24-17)14-5-2-8-20-16(14)21-10-7-19/h1-6,8-9,11H,7,10,19H2,(H,20,21)(H,22,23,24). The lowest BCUT2D eigenvalue weighted by Gasteiger charge is -2.11. The highest BCUT2D eigenvalue weighted by atomic mass is 35.5.